The second-order valence-corrected chi connectivity index (χ2v) is 7.45. The molecule has 0 spiro atoms. The van der Waals surface area contributed by atoms with E-state index in [2.05, 4.69) is 0 Å². The summed E-state index contributed by atoms with van der Waals surface area (Å²) in [4.78, 5) is 37.2. The molecule has 1 saturated heterocycles. The maximum Gasteiger partial charge on any atom is 0.311 e. The van der Waals surface area contributed by atoms with Gasteiger partial charge in [0.15, 0.2) is 6.79 Å². The highest BCUT2D eigenvalue weighted by Crippen LogP contribution is 2.34. The third kappa shape index (κ3) is 3.66. The summed E-state index contributed by atoms with van der Waals surface area (Å²) >= 11 is 0. The van der Waals surface area contributed by atoms with E-state index in [1.807, 2.05) is 4.90 Å². The zero-order chi connectivity index (χ0) is 19.7. The number of likely N-dealkylation sites (tertiary alicyclic amines) is 1. The van der Waals surface area contributed by atoms with Gasteiger partial charge in [-0.25, -0.2) is 0 Å². The molecule has 0 aromatic heterocycles. The number of carbonyl (C=O) groups is 2. The molecule has 2 aliphatic heterocycles. The molecular formula is C19H22N2O7. The first-order valence-electron chi connectivity index (χ1n) is 9.50. The van der Waals surface area contributed by atoms with E-state index in [0.29, 0.717) is 23.4 Å². The highest BCUT2D eigenvalue weighted by Gasteiger charge is 2.39. The van der Waals surface area contributed by atoms with Crippen LogP contribution in [0.25, 0.3) is 0 Å². The minimum Gasteiger partial charge on any atom is -0.467 e. The van der Waals surface area contributed by atoms with Gasteiger partial charge in [0.1, 0.15) is 12.4 Å². The molecule has 1 saturated carbocycles. The molecule has 1 amide bonds. The minimum atomic E-state index is -0.505. The Morgan fingerprint density at radius 3 is 2.86 bits per heavy atom. The van der Waals surface area contributed by atoms with Crippen molar-refractivity contribution in [1.82, 2.24) is 4.90 Å². The van der Waals surface area contributed by atoms with Crippen molar-refractivity contribution in [2.75, 3.05) is 13.3 Å². The SMILES string of the molecule is O=C(OCc1cc([N+](=O)[O-])cc2c1OCOC2)[C@H]1CC(=O)N(C2CCCC2)C1. The van der Waals surface area contributed by atoms with E-state index >= 15 is 0 Å². The highest BCUT2D eigenvalue weighted by atomic mass is 16.7. The maximum atomic E-state index is 12.5. The summed E-state index contributed by atoms with van der Waals surface area (Å²) in [7, 11) is 0. The number of nitro benzene ring substituents is 1. The number of nitro groups is 1. The molecule has 2 heterocycles. The van der Waals surface area contributed by atoms with Crippen LogP contribution in [0.15, 0.2) is 12.1 Å². The molecule has 28 heavy (non-hydrogen) atoms. The van der Waals surface area contributed by atoms with Crippen molar-refractivity contribution in [3.63, 3.8) is 0 Å². The standard InChI is InChI=1S/C19H22N2O7/c22-17-7-12(8-20(17)15-3-1-2-4-15)19(23)27-10-14-6-16(21(24)25)5-13-9-26-11-28-18(13)14/h5-6,12,15H,1-4,7-11H2/t12-/m0/s1. The van der Waals surface area contributed by atoms with Crippen molar-refractivity contribution in [2.24, 2.45) is 5.92 Å². The maximum absolute atomic E-state index is 12.5. The van der Waals surface area contributed by atoms with Crippen LogP contribution in [0.2, 0.25) is 0 Å². The van der Waals surface area contributed by atoms with Crippen LogP contribution in [0.3, 0.4) is 0 Å². The molecule has 9 heteroatoms. The van der Waals surface area contributed by atoms with Gasteiger partial charge in [-0.3, -0.25) is 19.7 Å². The van der Waals surface area contributed by atoms with E-state index in [4.69, 9.17) is 14.2 Å². The Labute approximate surface area is 161 Å². The molecule has 1 atom stereocenters. The second kappa shape index (κ2) is 7.75. The van der Waals surface area contributed by atoms with Crippen molar-refractivity contribution in [3.05, 3.63) is 33.4 Å². The molecule has 0 bridgehead atoms. The summed E-state index contributed by atoms with van der Waals surface area (Å²) in [5.74, 6) is -0.491. The van der Waals surface area contributed by atoms with Gasteiger partial charge in [0.2, 0.25) is 5.91 Å². The monoisotopic (exact) mass is 390 g/mol. The number of non-ortho nitro benzene ring substituents is 1. The van der Waals surface area contributed by atoms with E-state index in [0.717, 1.165) is 25.7 Å². The highest BCUT2D eigenvalue weighted by molar-refractivity contribution is 5.87. The molecule has 0 unspecified atom stereocenters. The van der Waals surface area contributed by atoms with Gasteiger partial charge in [-0.2, -0.15) is 0 Å². The predicted molar refractivity (Wildman–Crippen MR) is 95.3 cm³/mol. The van der Waals surface area contributed by atoms with Gasteiger partial charge >= 0.3 is 5.97 Å². The molecule has 1 aromatic rings. The lowest BCUT2D eigenvalue weighted by atomic mass is 10.1. The van der Waals surface area contributed by atoms with Crippen LogP contribution < -0.4 is 4.74 Å². The number of nitrogens with zero attached hydrogens (tertiary/aromatic N) is 2. The largest absolute Gasteiger partial charge is 0.467 e. The fraction of sp³-hybridized carbons (Fsp3) is 0.579. The first-order chi connectivity index (χ1) is 13.5. The topological polar surface area (TPSA) is 108 Å². The molecule has 4 rings (SSSR count). The van der Waals surface area contributed by atoms with Gasteiger partial charge in [-0.15, -0.1) is 0 Å². The molecule has 150 valence electrons. The van der Waals surface area contributed by atoms with Crippen LogP contribution in [0, 0.1) is 16.0 Å². The number of esters is 1. The van der Waals surface area contributed by atoms with E-state index in [1.54, 1.807) is 0 Å². The van der Waals surface area contributed by atoms with E-state index in [1.165, 1.54) is 12.1 Å². The number of ether oxygens (including phenoxy) is 3. The number of hydrogen-bond donors (Lipinski definition) is 0. The Morgan fingerprint density at radius 2 is 2.11 bits per heavy atom. The Bertz CT molecular complexity index is 804. The summed E-state index contributed by atoms with van der Waals surface area (Å²) in [6, 6.07) is 2.99. The first kappa shape index (κ1) is 18.7. The van der Waals surface area contributed by atoms with Gasteiger partial charge in [-0.05, 0) is 12.8 Å². The van der Waals surface area contributed by atoms with Gasteiger partial charge < -0.3 is 19.1 Å². The molecule has 1 aliphatic carbocycles. The quantitative estimate of drug-likeness (QED) is 0.431. The Balaban J connectivity index is 1.43. The van der Waals surface area contributed by atoms with Gasteiger partial charge in [0, 0.05) is 42.3 Å². The Morgan fingerprint density at radius 1 is 1.32 bits per heavy atom. The molecule has 0 radical (unpaired) electrons. The molecule has 9 nitrogen and oxygen atoms in total. The fourth-order valence-corrected chi connectivity index (χ4v) is 4.22. The van der Waals surface area contributed by atoms with Crippen LogP contribution in [-0.4, -0.2) is 41.1 Å². The number of carbonyl (C=O) groups excluding carboxylic acids is 2. The van der Waals surface area contributed by atoms with Crippen LogP contribution in [-0.2, 0) is 32.3 Å². The number of amides is 1. The van der Waals surface area contributed by atoms with Crippen molar-refractivity contribution in [1.29, 1.82) is 0 Å². The summed E-state index contributed by atoms with van der Waals surface area (Å²) in [5, 5.41) is 11.2. The molecule has 2 fully saturated rings. The first-order valence-corrected chi connectivity index (χ1v) is 9.50. The van der Waals surface area contributed by atoms with Crippen LogP contribution in [0.5, 0.6) is 5.75 Å². The predicted octanol–water partition coefficient (Wildman–Crippen LogP) is 2.30. The Kier molecular flexibility index (Phi) is 5.17. The van der Waals surface area contributed by atoms with Crippen LogP contribution in [0.4, 0.5) is 5.69 Å². The van der Waals surface area contributed by atoms with Crippen LogP contribution >= 0.6 is 0 Å². The average molecular weight is 390 g/mol. The van der Waals surface area contributed by atoms with E-state index < -0.39 is 16.8 Å². The lowest BCUT2D eigenvalue weighted by molar-refractivity contribution is -0.385. The smallest absolute Gasteiger partial charge is 0.311 e. The lowest BCUT2D eigenvalue weighted by Gasteiger charge is -2.24. The molecular weight excluding hydrogens is 368 g/mol. The van der Waals surface area contributed by atoms with Crippen molar-refractivity contribution in [3.8, 4) is 5.75 Å². The summed E-state index contributed by atoms with van der Waals surface area (Å²) in [6.45, 7) is 0.487. The number of benzene rings is 1. The van der Waals surface area contributed by atoms with E-state index in [-0.39, 0.29) is 44.1 Å². The zero-order valence-corrected chi connectivity index (χ0v) is 15.4. The van der Waals surface area contributed by atoms with E-state index in [9.17, 15) is 19.7 Å². The lowest BCUT2D eigenvalue weighted by Crippen LogP contribution is -2.35. The van der Waals surface area contributed by atoms with Gasteiger partial charge in [0.05, 0.1) is 17.4 Å². The van der Waals surface area contributed by atoms with Crippen molar-refractivity contribution >= 4 is 17.6 Å². The molecule has 3 aliphatic rings. The summed E-state index contributed by atoms with van der Waals surface area (Å²) < 4.78 is 16.0. The van der Waals surface area contributed by atoms with Gasteiger partial charge in [0.25, 0.3) is 5.69 Å². The fourth-order valence-electron chi connectivity index (χ4n) is 4.22. The van der Waals surface area contributed by atoms with Gasteiger partial charge in [-0.1, -0.05) is 12.8 Å². The third-order valence-electron chi connectivity index (χ3n) is 5.61. The minimum absolute atomic E-state index is 0.00191. The average Bonchev–Trinajstić information content (AvgIpc) is 3.35. The summed E-state index contributed by atoms with van der Waals surface area (Å²) in [5.41, 5.74) is 0.870. The number of hydrogen-bond acceptors (Lipinski definition) is 7. The van der Waals surface area contributed by atoms with Crippen LogP contribution in [0.1, 0.15) is 43.2 Å². The van der Waals surface area contributed by atoms with Crippen molar-refractivity contribution < 1.29 is 28.7 Å². The Hall–Kier alpha value is -2.68. The third-order valence-corrected chi connectivity index (χ3v) is 5.61. The summed E-state index contributed by atoms with van der Waals surface area (Å²) in [6.07, 6.45) is 4.38. The second-order valence-electron chi connectivity index (χ2n) is 7.45. The molecule has 0 N–H and O–H groups in total. The number of fused-ring (bicyclic) bond motifs is 1. The zero-order valence-electron chi connectivity index (χ0n) is 15.4. The normalized spacial score (nSPS) is 22.1. The van der Waals surface area contributed by atoms with Crippen molar-refractivity contribution in [2.45, 2.75) is 51.4 Å². The number of rotatable bonds is 5. The molecule has 1 aromatic carbocycles.